The van der Waals surface area contributed by atoms with E-state index in [0.717, 1.165) is 11.3 Å². The van der Waals surface area contributed by atoms with Gasteiger partial charge in [-0.05, 0) is 17.7 Å². The van der Waals surface area contributed by atoms with Gasteiger partial charge in [-0.15, -0.1) is 0 Å². The molecule has 1 aliphatic heterocycles. The second-order valence-electron chi connectivity index (χ2n) is 5.28. The van der Waals surface area contributed by atoms with E-state index < -0.39 is 0 Å². The van der Waals surface area contributed by atoms with Crippen molar-refractivity contribution in [3.8, 4) is 0 Å². The quantitative estimate of drug-likeness (QED) is 0.944. The molecule has 1 fully saturated rings. The molecule has 0 aliphatic carbocycles. The summed E-state index contributed by atoms with van der Waals surface area (Å²) in [4.78, 5) is 14.0. The lowest BCUT2D eigenvalue weighted by Crippen LogP contribution is -2.47. The van der Waals surface area contributed by atoms with E-state index in [0.29, 0.717) is 32.7 Å². The van der Waals surface area contributed by atoms with Crippen LogP contribution in [0.2, 0.25) is 0 Å². The fourth-order valence-corrected chi connectivity index (χ4v) is 2.56. The molecule has 2 aromatic rings. The molecule has 1 N–H and O–H groups in total. The molecule has 0 saturated carbocycles. The van der Waals surface area contributed by atoms with Gasteiger partial charge in [0.1, 0.15) is 11.9 Å². The Morgan fingerprint density at radius 3 is 2.86 bits per heavy atom. The number of benzene rings is 1. The number of hydrogen-bond donors (Lipinski definition) is 1. The van der Waals surface area contributed by atoms with E-state index in [1.807, 2.05) is 47.4 Å². The van der Waals surface area contributed by atoms with Gasteiger partial charge in [-0.1, -0.05) is 30.3 Å². The van der Waals surface area contributed by atoms with E-state index in [9.17, 15) is 4.79 Å². The highest BCUT2D eigenvalue weighted by Crippen LogP contribution is 2.21. The van der Waals surface area contributed by atoms with E-state index in [1.54, 1.807) is 6.26 Å². The average Bonchev–Trinajstić information content (AvgIpc) is 3.09. The Kier molecular flexibility index (Phi) is 4.75. The summed E-state index contributed by atoms with van der Waals surface area (Å²) in [7, 11) is 0. The summed E-state index contributed by atoms with van der Waals surface area (Å²) in [6, 6.07) is 13.7. The van der Waals surface area contributed by atoms with Gasteiger partial charge in [-0.25, -0.2) is 4.79 Å². The second kappa shape index (κ2) is 7.13. The first-order valence-corrected chi connectivity index (χ1v) is 7.54. The van der Waals surface area contributed by atoms with Crippen LogP contribution in [0.15, 0.2) is 53.1 Å². The van der Waals surface area contributed by atoms with Gasteiger partial charge in [0.15, 0.2) is 0 Å². The Morgan fingerprint density at radius 2 is 2.09 bits per heavy atom. The lowest BCUT2D eigenvalue weighted by Gasteiger charge is -2.33. The van der Waals surface area contributed by atoms with Crippen LogP contribution in [0.5, 0.6) is 0 Å². The third-order valence-electron chi connectivity index (χ3n) is 3.75. The van der Waals surface area contributed by atoms with Crippen molar-refractivity contribution in [3.05, 3.63) is 60.1 Å². The fourth-order valence-electron chi connectivity index (χ4n) is 2.56. The van der Waals surface area contributed by atoms with E-state index in [1.165, 1.54) is 0 Å². The Bertz CT molecular complexity index is 583. The highest BCUT2D eigenvalue weighted by molar-refractivity contribution is 5.74. The van der Waals surface area contributed by atoms with Crippen LogP contribution in [0.3, 0.4) is 0 Å². The van der Waals surface area contributed by atoms with E-state index in [-0.39, 0.29) is 12.1 Å². The third-order valence-corrected chi connectivity index (χ3v) is 3.75. The van der Waals surface area contributed by atoms with Crippen LogP contribution in [-0.4, -0.2) is 37.2 Å². The maximum Gasteiger partial charge on any atom is 0.317 e. The van der Waals surface area contributed by atoms with Gasteiger partial charge in [0.05, 0.1) is 19.4 Å². The summed E-state index contributed by atoms with van der Waals surface area (Å²) in [6.45, 7) is 2.33. The molecule has 1 aliphatic rings. The number of furan rings is 1. The number of nitrogens with zero attached hydrogens (tertiary/aromatic N) is 1. The molecular weight excluding hydrogens is 280 g/mol. The summed E-state index contributed by atoms with van der Waals surface area (Å²) in [5, 5.41) is 2.93. The number of morpholine rings is 1. The fraction of sp³-hybridized carbons (Fsp3) is 0.353. The van der Waals surface area contributed by atoms with Crippen molar-refractivity contribution in [1.29, 1.82) is 0 Å². The van der Waals surface area contributed by atoms with Crippen molar-refractivity contribution in [2.24, 2.45) is 0 Å². The van der Waals surface area contributed by atoms with Crippen LogP contribution in [0.1, 0.15) is 17.4 Å². The van der Waals surface area contributed by atoms with Crippen molar-refractivity contribution in [2.45, 2.75) is 12.5 Å². The molecule has 0 radical (unpaired) electrons. The molecule has 2 heterocycles. The van der Waals surface area contributed by atoms with Crippen LogP contribution >= 0.6 is 0 Å². The smallest absolute Gasteiger partial charge is 0.317 e. The van der Waals surface area contributed by atoms with Gasteiger partial charge in [-0.3, -0.25) is 0 Å². The molecule has 5 heteroatoms. The molecule has 5 nitrogen and oxygen atoms in total. The lowest BCUT2D eigenvalue weighted by molar-refractivity contribution is -0.0154. The number of hydrogen-bond acceptors (Lipinski definition) is 3. The largest absolute Gasteiger partial charge is 0.469 e. The first-order valence-electron chi connectivity index (χ1n) is 7.54. The zero-order valence-electron chi connectivity index (χ0n) is 12.4. The first-order chi connectivity index (χ1) is 10.8. The molecule has 1 saturated heterocycles. The molecule has 0 spiro atoms. The molecule has 22 heavy (non-hydrogen) atoms. The number of carbonyl (C=O) groups is 1. The second-order valence-corrected chi connectivity index (χ2v) is 5.28. The topological polar surface area (TPSA) is 54.7 Å². The van der Waals surface area contributed by atoms with Crippen LogP contribution in [-0.2, 0) is 11.2 Å². The number of nitrogens with one attached hydrogen (secondary N) is 1. The van der Waals surface area contributed by atoms with E-state index in [2.05, 4.69) is 5.32 Å². The highest BCUT2D eigenvalue weighted by atomic mass is 16.5. The Hall–Kier alpha value is -2.27. The van der Waals surface area contributed by atoms with Crippen LogP contribution in [0.4, 0.5) is 4.79 Å². The molecule has 0 unspecified atom stereocenters. The third kappa shape index (κ3) is 3.68. The van der Waals surface area contributed by atoms with E-state index >= 15 is 0 Å². The zero-order valence-corrected chi connectivity index (χ0v) is 12.4. The van der Waals surface area contributed by atoms with E-state index in [4.69, 9.17) is 9.15 Å². The van der Waals surface area contributed by atoms with Crippen LogP contribution < -0.4 is 5.32 Å². The predicted octanol–water partition coefficient (Wildman–Crippen LogP) is 2.61. The van der Waals surface area contributed by atoms with Crippen molar-refractivity contribution in [2.75, 3.05) is 26.2 Å². The number of carbonyl (C=O) groups excluding carboxylic acids is 1. The van der Waals surface area contributed by atoms with Crippen LogP contribution in [0, 0.1) is 0 Å². The first kappa shape index (κ1) is 14.7. The SMILES string of the molecule is O=C(NCCc1ccco1)N1CCO[C@H](c2ccccc2)C1. The average molecular weight is 300 g/mol. The standard InChI is InChI=1S/C17H20N2O3/c20-17(18-9-8-15-7-4-11-21-15)19-10-12-22-16(13-19)14-5-2-1-3-6-14/h1-7,11,16H,8-10,12-13H2,(H,18,20)/t16-/m0/s1. The molecule has 3 rings (SSSR count). The number of urea groups is 1. The summed E-state index contributed by atoms with van der Waals surface area (Å²) in [5.41, 5.74) is 1.11. The van der Waals surface area contributed by atoms with Gasteiger partial charge < -0.3 is 19.4 Å². The van der Waals surface area contributed by atoms with Crippen molar-refractivity contribution in [1.82, 2.24) is 10.2 Å². The summed E-state index contributed by atoms with van der Waals surface area (Å²) < 4.78 is 11.0. The Labute approximate surface area is 129 Å². The molecule has 0 bridgehead atoms. The zero-order chi connectivity index (χ0) is 15.2. The molecule has 1 atom stereocenters. The van der Waals surface area contributed by atoms with Crippen molar-refractivity contribution in [3.63, 3.8) is 0 Å². The van der Waals surface area contributed by atoms with Crippen molar-refractivity contribution >= 4 is 6.03 Å². The van der Waals surface area contributed by atoms with Gasteiger partial charge in [0, 0.05) is 19.5 Å². The van der Waals surface area contributed by atoms with Gasteiger partial charge in [-0.2, -0.15) is 0 Å². The highest BCUT2D eigenvalue weighted by Gasteiger charge is 2.24. The minimum absolute atomic E-state index is 0.0456. The van der Waals surface area contributed by atoms with Gasteiger partial charge in [0.2, 0.25) is 0 Å². The van der Waals surface area contributed by atoms with Crippen molar-refractivity contribution < 1.29 is 13.9 Å². The maximum atomic E-state index is 12.2. The van der Waals surface area contributed by atoms with Gasteiger partial charge in [0.25, 0.3) is 0 Å². The number of amides is 2. The lowest BCUT2D eigenvalue weighted by atomic mass is 10.1. The number of ether oxygens (including phenoxy) is 1. The van der Waals surface area contributed by atoms with Gasteiger partial charge >= 0.3 is 6.03 Å². The summed E-state index contributed by atoms with van der Waals surface area (Å²) in [5.74, 6) is 0.879. The maximum absolute atomic E-state index is 12.2. The molecular formula is C17H20N2O3. The minimum atomic E-state index is -0.0502. The minimum Gasteiger partial charge on any atom is -0.469 e. The molecule has 2 amide bonds. The monoisotopic (exact) mass is 300 g/mol. The van der Waals surface area contributed by atoms with Crippen LogP contribution in [0.25, 0.3) is 0 Å². The molecule has 1 aromatic carbocycles. The Morgan fingerprint density at radius 1 is 1.23 bits per heavy atom. The molecule has 116 valence electrons. The number of rotatable bonds is 4. The summed E-state index contributed by atoms with van der Waals surface area (Å²) >= 11 is 0. The summed E-state index contributed by atoms with van der Waals surface area (Å²) in [6.07, 6.45) is 2.29. The Balaban J connectivity index is 1.49. The molecule has 1 aromatic heterocycles. The normalized spacial score (nSPS) is 18.2. The predicted molar refractivity (Wildman–Crippen MR) is 82.5 cm³/mol.